The van der Waals surface area contributed by atoms with Gasteiger partial charge in [0.15, 0.2) is 4.77 Å². The van der Waals surface area contributed by atoms with Crippen LogP contribution in [0.4, 0.5) is 0 Å². The molecule has 0 spiro atoms. The van der Waals surface area contributed by atoms with Crippen molar-refractivity contribution in [2.45, 2.75) is 25.8 Å². The number of imidazole rings is 1. The third kappa shape index (κ3) is 2.15. The molecule has 4 nitrogen and oxygen atoms in total. The molecule has 1 atom stereocenters. The number of nitrogens with one attached hydrogen (secondary N) is 1. The number of aromatic nitrogens is 2. The minimum atomic E-state index is 0.314. The summed E-state index contributed by atoms with van der Waals surface area (Å²) < 4.78 is 8.29. The first-order chi connectivity index (χ1) is 9.72. The molecule has 1 N–H and O–H groups in total. The molecule has 0 aliphatic carbocycles. The van der Waals surface area contributed by atoms with Gasteiger partial charge in [0.25, 0.3) is 0 Å². The quantitative estimate of drug-likeness (QED) is 0.859. The maximum Gasteiger partial charge on any atom is 0.178 e. The highest BCUT2D eigenvalue weighted by atomic mass is 32.1. The van der Waals surface area contributed by atoms with Crippen molar-refractivity contribution in [3.05, 3.63) is 28.5 Å². The van der Waals surface area contributed by atoms with Gasteiger partial charge in [0.05, 0.1) is 16.6 Å². The van der Waals surface area contributed by atoms with Gasteiger partial charge in [0.1, 0.15) is 6.07 Å². The van der Waals surface area contributed by atoms with E-state index in [4.69, 9.17) is 17.0 Å². The number of aromatic amines is 1. The number of H-pyrrole nitrogens is 1. The highest BCUT2D eigenvalue weighted by Gasteiger charge is 2.24. The highest BCUT2D eigenvalue weighted by molar-refractivity contribution is 7.71. The van der Waals surface area contributed by atoms with Crippen LogP contribution in [0.5, 0.6) is 0 Å². The van der Waals surface area contributed by atoms with E-state index in [-0.39, 0.29) is 0 Å². The molecule has 0 bridgehead atoms. The van der Waals surface area contributed by atoms with Gasteiger partial charge < -0.3 is 14.3 Å². The Morgan fingerprint density at radius 3 is 2.90 bits per heavy atom. The fourth-order valence-electron chi connectivity index (χ4n) is 3.06. The average Bonchev–Trinajstić information content (AvgIpc) is 2.83. The van der Waals surface area contributed by atoms with Crippen LogP contribution in [0.3, 0.4) is 0 Å². The largest absolute Gasteiger partial charge is 0.381 e. The lowest BCUT2D eigenvalue weighted by molar-refractivity contribution is 0.0517. The van der Waals surface area contributed by atoms with E-state index in [0.717, 1.165) is 37.1 Å². The fraction of sp³-hybridized carbons (Fsp3) is 0.467. The van der Waals surface area contributed by atoms with Crippen molar-refractivity contribution >= 4 is 23.3 Å². The first kappa shape index (κ1) is 13.3. The Kier molecular flexibility index (Phi) is 3.60. The Morgan fingerprint density at radius 2 is 2.20 bits per heavy atom. The second kappa shape index (κ2) is 5.39. The van der Waals surface area contributed by atoms with Crippen molar-refractivity contribution < 1.29 is 4.74 Å². The Labute approximate surface area is 123 Å². The molecule has 1 aromatic heterocycles. The van der Waals surface area contributed by atoms with Crippen molar-refractivity contribution in [1.82, 2.24) is 9.55 Å². The van der Waals surface area contributed by atoms with Gasteiger partial charge in [-0.2, -0.15) is 5.26 Å². The SMILES string of the molecule is CC(C1CCOCC1)n1c(=S)[nH]c2c(C#N)cccc21. The molecule has 1 aliphatic heterocycles. The van der Waals surface area contributed by atoms with E-state index in [2.05, 4.69) is 22.5 Å². The van der Waals surface area contributed by atoms with Gasteiger partial charge >= 0.3 is 0 Å². The summed E-state index contributed by atoms with van der Waals surface area (Å²) in [6.07, 6.45) is 2.13. The van der Waals surface area contributed by atoms with Gasteiger partial charge in [-0.3, -0.25) is 0 Å². The van der Waals surface area contributed by atoms with Gasteiger partial charge in [-0.15, -0.1) is 0 Å². The molecule has 1 aromatic carbocycles. The average molecular weight is 287 g/mol. The summed E-state index contributed by atoms with van der Waals surface area (Å²) in [5, 5.41) is 9.19. The summed E-state index contributed by atoms with van der Waals surface area (Å²) in [7, 11) is 0. The van der Waals surface area contributed by atoms with E-state index in [1.807, 2.05) is 18.2 Å². The van der Waals surface area contributed by atoms with Crippen molar-refractivity contribution in [2.75, 3.05) is 13.2 Å². The molecule has 0 saturated carbocycles. The molecule has 1 unspecified atom stereocenters. The molecule has 2 heterocycles. The lowest BCUT2D eigenvalue weighted by Crippen LogP contribution is -2.24. The lowest BCUT2D eigenvalue weighted by Gasteiger charge is -2.29. The first-order valence-corrected chi connectivity index (χ1v) is 7.34. The second-order valence-corrected chi connectivity index (χ2v) is 5.69. The van der Waals surface area contributed by atoms with Gasteiger partial charge in [0.2, 0.25) is 0 Å². The van der Waals surface area contributed by atoms with E-state index in [1.54, 1.807) is 0 Å². The predicted octanol–water partition coefficient (Wildman–Crippen LogP) is 3.56. The van der Waals surface area contributed by atoms with Gasteiger partial charge in [0, 0.05) is 19.3 Å². The number of para-hydroxylation sites is 1. The number of hydrogen-bond acceptors (Lipinski definition) is 3. The minimum absolute atomic E-state index is 0.314. The van der Waals surface area contributed by atoms with Crippen molar-refractivity contribution in [1.29, 1.82) is 5.26 Å². The van der Waals surface area contributed by atoms with E-state index >= 15 is 0 Å². The Morgan fingerprint density at radius 1 is 1.45 bits per heavy atom. The Hall–Kier alpha value is -1.64. The number of benzene rings is 1. The number of fused-ring (bicyclic) bond motifs is 1. The molecule has 2 aromatic rings. The number of nitriles is 1. The smallest absolute Gasteiger partial charge is 0.178 e. The first-order valence-electron chi connectivity index (χ1n) is 6.93. The summed E-state index contributed by atoms with van der Waals surface area (Å²) in [6.45, 7) is 3.86. The molecule has 3 rings (SSSR count). The summed E-state index contributed by atoms with van der Waals surface area (Å²) in [5.41, 5.74) is 2.51. The summed E-state index contributed by atoms with van der Waals surface area (Å²) in [4.78, 5) is 3.19. The van der Waals surface area contributed by atoms with Gasteiger partial charge in [-0.05, 0) is 50.0 Å². The molecule has 1 fully saturated rings. The van der Waals surface area contributed by atoms with E-state index in [9.17, 15) is 5.26 Å². The van der Waals surface area contributed by atoms with Crippen LogP contribution in [0.25, 0.3) is 11.0 Å². The molecule has 5 heteroatoms. The molecular weight excluding hydrogens is 270 g/mol. The van der Waals surface area contributed by atoms with Gasteiger partial charge in [-0.1, -0.05) is 6.07 Å². The predicted molar refractivity (Wildman–Crippen MR) is 80.1 cm³/mol. The standard InChI is InChI=1S/C15H17N3OS/c1-10(11-5-7-19-8-6-11)18-13-4-2-3-12(9-16)14(13)17-15(18)20/h2-4,10-11H,5-8H2,1H3,(H,17,20). The molecule has 0 amide bonds. The Bertz CT molecular complexity index is 719. The minimum Gasteiger partial charge on any atom is -0.381 e. The molecule has 0 radical (unpaired) electrons. The lowest BCUT2D eigenvalue weighted by atomic mass is 9.92. The third-order valence-corrected chi connectivity index (χ3v) is 4.53. The number of hydrogen-bond donors (Lipinski definition) is 1. The monoisotopic (exact) mass is 287 g/mol. The molecule has 1 saturated heterocycles. The summed E-state index contributed by atoms with van der Waals surface area (Å²) in [6, 6.07) is 8.29. The maximum absolute atomic E-state index is 9.19. The number of rotatable bonds is 2. The second-order valence-electron chi connectivity index (χ2n) is 5.30. The third-order valence-electron chi connectivity index (χ3n) is 4.23. The van der Waals surface area contributed by atoms with Crippen molar-refractivity contribution in [3.8, 4) is 6.07 Å². The van der Waals surface area contributed by atoms with E-state index in [1.165, 1.54) is 0 Å². The fourth-order valence-corrected chi connectivity index (χ4v) is 3.42. The van der Waals surface area contributed by atoms with Crippen LogP contribution >= 0.6 is 12.2 Å². The number of nitrogens with zero attached hydrogens (tertiary/aromatic N) is 2. The van der Waals surface area contributed by atoms with Gasteiger partial charge in [-0.25, -0.2) is 0 Å². The summed E-state index contributed by atoms with van der Waals surface area (Å²) >= 11 is 5.47. The van der Waals surface area contributed by atoms with Crippen molar-refractivity contribution in [2.24, 2.45) is 5.92 Å². The zero-order valence-electron chi connectivity index (χ0n) is 11.4. The van der Waals surface area contributed by atoms with Crippen LogP contribution in [0, 0.1) is 22.0 Å². The van der Waals surface area contributed by atoms with Crippen LogP contribution in [0.15, 0.2) is 18.2 Å². The van der Waals surface area contributed by atoms with Crippen LogP contribution < -0.4 is 0 Å². The molecule has 20 heavy (non-hydrogen) atoms. The molecule has 1 aliphatic rings. The maximum atomic E-state index is 9.19. The van der Waals surface area contributed by atoms with E-state index in [0.29, 0.717) is 22.3 Å². The normalized spacial score (nSPS) is 18.0. The number of ether oxygens (including phenoxy) is 1. The summed E-state index contributed by atoms with van der Waals surface area (Å²) in [5.74, 6) is 0.570. The molecular formula is C15H17N3OS. The van der Waals surface area contributed by atoms with Crippen molar-refractivity contribution in [3.63, 3.8) is 0 Å². The highest BCUT2D eigenvalue weighted by Crippen LogP contribution is 2.31. The Balaban J connectivity index is 2.09. The topological polar surface area (TPSA) is 53.7 Å². The zero-order valence-corrected chi connectivity index (χ0v) is 12.2. The van der Waals surface area contributed by atoms with Crippen LogP contribution in [-0.4, -0.2) is 22.8 Å². The van der Waals surface area contributed by atoms with Crippen LogP contribution in [-0.2, 0) is 4.74 Å². The zero-order chi connectivity index (χ0) is 14.1. The van der Waals surface area contributed by atoms with E-state index < -0.39 is 0 Å². The molecule has 104 valence electrons. The van der Waals surface area contributed by atoms with Crippen LogP contribution in [0.1, 0.15) is 31.4 Å². The van der Waals surface area contributed by atoms with Crippen LogP contribution in [0.2, 0.25) is 0 Å².